The molecule has 2 N–H and O–H groups in total. The molecule has 0 radical (unpaired) electrons. The van der Waals surface area contributed by atoms with Gasteiger partial charge in [-0.2, -0.15) is 0 Å². The van der Waals surface area contributed by atoms with Crippen molar-refractivity contribution in [1.82, 2.24) is 10.2 Å². The van der Waals surface area contributed by atoms with Gasteiger partial charge >= 0.3 is 0 Å². The van der Waals surface area contributed by atoms with Crippen molar-refractivity contribution in [2.24, 2.45) is 0 Å². The Morgan fingerprint density at radius 1 is 1.43 bits per heavy atom. The largest absolute Gasteiger partial charge is 0.381 e. The van der Waals surface area contributed by atoms with E-state index in [4.69, 9.17) is 10.5 Å². The molecule has 0 aromatic carbocycles. The Hall–Kier alpha value is -0.330. The van der Waals surface area contributed by atoms with E-state index in [0.717, 1.165) is 29.7 Å². The molecule has 4 nitrogen and oxygen atoms in total. The minimum Gasteiger partial charge on any atom is -0.381 e. The van der Waals surface area contributed by atoms with Crippen LogP contribution in [0.15, 0.2) is 4.34 Å². The van der Waals surface area contributed by atoms with Gasteiger partial charge in [-0.1, -0.05) is 36.4 Å². The molecule has 0 fully saturated rings. The second kappa shape index (κ2) is 7.03. The number of thioether (sulfide) groups is 1. The summed E-state index contributed by atoms with van der Waals surface area (Å²) in [7, 11) is 0. The number of rotatable bonds is 7. The summed E-state index contributed by atoms with van der Waals surface area (Å²) in [6.07, 6.45) is 2.32. The Morgan fingerprint density at radius 2 is 2.29 bits per heavy atom. The lowest BCUT2D eigenvalue weighted by Crippen LogP contribution is -1.98. The van der Waals surface area contributed by atoms with Crippen molar-refractivity contribution < 1.29 is 4.74 Å². The van der Waals surface area contributed by atoms with Gasteiger partial charge in [0.1, 0.15) is 0 Å². The van der Waals surface area contributed by atoms with Gasteiger partial charge in [-0.3, -0.25) is 0 Å². The molecule has 0 atom stereocenters. The van der Waals surface area contributed by atoms with Gasteiger partial charge in [0.25, 0.3) is 0 Å². The number of aromatic nitrogens is 2. The number of hydrogen-bond donors (Lipinski definition) is 1. The molecule has 80 valence electrons. The molecule has 0 unspecified atom stereocenters. The van der Waals surface area contributed by atoms with E-state index in [9.17, 15) is 0 Å². The second-order valence-corrected chi connectivity index (χ2v) is 5.07. The Balaban J connectivity index is 1.99. The highest BCUT2D eigenvalue weighted by atomic mass is 32.2. The highest BCUT2D eigenvalue weighted by molar-refractivity contribution is 8.01. The smallest absolute Gasteiger partial charge is 0.203 e. The van der Waals surface area contributed by atoms with E-state index in [1.54, 1.807) is 11.8 Å². The van der Waals surface area contributed by atoms with Crippen molar-refractivity contribution in [2.75, 3.05) is 24.7 Å². The summed E-state index contributed by atoms with van der Waals surface area (Å²) in [5.41, 5.74) is 5.45. The normalized spacial score (nSPS) is 10.6. The molecule has 1 heterocycles. The number of ether oxygens (including phenoxy) is 1. The standard InChI is InChI=1S/C8H15N3OS2/c1-2-3-4-12-5-6-13-8-11-10-7(9)14-8/h2-6H2,1H3,(H2,9,10). The van der Waals surface area contributed by atoms with Crippen LogP contribution in [0.4, 0.5) is 5.13 Å². The van der Waals surface area contributed by atoms with E-state index in [0.29, 0.717) is 5.13 Å². The maximum Gasteiger partial charge on any atom is 0.203 e. The summed E-state index contributed by atoms with van der Waals surface area (Å²) in [6.45, 7) is 3.78. The molecule has 0 spiro atoms. The van der Waals surface area contributed by atoms with Crippen LogP contribution in [-0.4, -0.2) is 29.2 Å². The number of nitrogens with zero attached hydrogens (tertiary/aromatic N) is 2. The molecule has 0 saturated carbocycles. The summed E-state index contributed by atoms with van der Waals surface area (Å²) in [4.78, 5) is 0. The Bertz CT molecular complexity index is 254. The van der Waals surface area contributed by atoms with E-state index in [-0.39, 0.29) is 0 Å². The zero-order valence-electron chi connectivity index (χ0n) is 8.23. The van der Waals surface area contributed by atoms with Crippen molar-refractivity contribution in [3.05, 3.63) is 0 Å². The zero-order chi connectivity index (χ0) is 10.2. The molecular formula is C8H15N3OS2. The number of nitrogen functional groups attached to an aromatic ring is 1. The zero-order valence-corrected chi connectivity index (χ0v) is 9.87. The lowest BCUT2D eigenvalue weighted by molar-refractivity contribution is 0.147. The molecule has 0 aliphatic rings. The number of nitrogens with two attached hydrogens (primary N) is 1. The third-order valence-corrected chi connectivity index (χ3v) is 3.37. The first kappa shape index (κ1) is 11.7. The molecule has 0 aliphatic heterocycles. The first-order valence-corrected chi connectivity index (χ1v) is 6.42. The fraction of sp³-hybridized carbons (Fsp3) is 0.750. The van der Waals surface area contributed by atoms with Gasteiger partial charge in [0, 0.05) is 12.4 Å². The van der Waals surface area contributed by atoms with E-state index >= 15 is 0 Å². The summed E-state index contributed by atoms with van der Waals surface area (Å²) in [5, 5.41) is 8.16. The van der Waals surface area contributed by atoms with Crippen molar-refractivity contribution in [3.63, 3.8) is 0 Å². The molecule has 0 amide bonds. The average Bonchev–Trinajstić information content (AvgIpc) is 2.58. The first-order valence-electron chi connectivity index (χ1n) is 4.62. The van der Waals surface area contributed by atoms with Gasteiger partial charge in [0.2, 0.25) is 5.13 Å². The molecule has 0 aliphatic carbocycles. The number of hydrogen-bond acceptors (Lipinski definition) is 6. The van der Waals surface area contributed by atoms with Crippen LogP contribution in [0.3, 0.4) is 0 Å². The summed E-state index contributed by atoms with van der Waals surface area (Å²) >= 11 is 3.06. The summed E-state index contributed by atoms with van der Waals surface area (Å²) in [6, 6.07) is 0. The van der Waals surface area contributed by atoms with Crippen molar-refractivity contribution in [2.45, 2.75) is 24.1 Å². The lowest BCUT2D eigenvalue weighted by Gasteiger charge is -2.00. The van der Waals surface area contributed by atoms with Crippen molar-refractivity contribution in [3.8, 4) is 0 Å². The lowest BCUT2D eigenvalue weighted by atomic mass is 10.4. The summed E-state index contributed by atoms with van der Waals surface area (Å²) in [5.74, 6) is 0.915. The van der Waals surface area contributed by atoms with E-state index < -0.39 is 0 Å². The van der Waals surface area contributed by atoms with Crippen molar-refractivity contribution >= 4 is 28.2 Å². The molecule has 0 saturated heterocycles. The monoisotopic (exact) mass is 233 g/mol. The second-order valence-electron chi connectivity index (χ2n) is 2.72. The summed E-state index contributed by atoms with van der Waals surface area (Å²) < 4.78 is 6.33. The van der Waals surface area contributed by atoms with E-state index in [1.807, 2.05) is 0 Å². The minimum atomic E-state index is 0.527. The van der Waals surface area contributed by atoms with Crippen LogP contribution in [-0.2, 0) is 4.74 Å². The van der Waals surface area contributed by atoms with Crippen molar-refractivity contribution in [1.29, 1.82) is 0 Å². The minimum absolute atomic E-state index is 0.527. The van der Waals surface area contributed by atoms with Crippen LogP contribution in [0.2, 0.25) is 0 Å². The van der Waals surface area contributed by atoms with Crippen LogP contribution < -0.4 is 5.73 Å². The van der Waals surface area contributed by atoms with Gasteiger partial charge in [-0.15, -0.1) is 10.2 Å². The maximum atomic E-state index is 5.45. The SMILES string of the molecule is CCCCOCCSc1nnc(N)s1. The van der Waals surface area contributed by atoms with Crippen LogP contribution in [0.25, 0.3) is 0 Å². The molecule has 1 aromatic rings. The third kappa shape index (κ3) is 4.78. The molecule has 0 bridgehead atoms. The Labute approximate surface area is 92.2 Å². The molecule has 6 heteroatoms. The maximum absolute atomic E-state index is 5.45. The predicted octanol–water partition coefficient (Wildman–Crippen LogP) is 2.03. The third-order valence-electron chi connectivity index (χ3n) is 1.52. The number of unbranched alkanes of at least 4 members (excludes halogenated alkanes) is 1. The van der Waals surface area contributed by atoms with Gasteiger partial charge in [0.15, 0.2) is 4.34 Å². The number of anilines is 1. The fourth-order valence-electron chi connectivity index (χ4n) is 0.815. The van der Waals surface area contributed by atoms with Crippen LogP contribution in [0.5, 0.6) is 0 Å². The quantitative estimate of drug-likeness (QED) is 0.577. The Kier molecular flexibility index (Phi) is 5.89. The van der Waals surface area contributed by atoms with Crippen LogP contribution in [0, 0.1) is 0 Å². The van der Waals surface area contributed by atoms with Gasteiger partial charge < -0.3 is 10.5 Å². The molecule has 1 rings (SSSR count). The highest BCUT2D eigenvalue weighted by Crippen LogP contribution is 2.22. The van der Waals surface area contributed by atoms with E-state index in [2.05, 4.69) is 17.1 Å². The molecule has 14 heavy (non-hydrogen) atoms. The molecular weight excluding hydrogens is 218 g/mol. The van der Waals surface area contributed by atoms with Gasteiger partial charge in [-0.25, -0.2) is 0 Å². The topological polar surface area (TPSA) is 61.0 Å². The molecule has 1 aromatic heterocycles. The van der Waals surface area contributed by atoms with Gasteiger partial charge in [0.05, 0.1) is 6.61 Å². The highest BCUT2D eigenvalue weighted by Gasteiger charge is 2.00. The first-order chi connectivity index (χ1) is 6.83. The predicted molar refractivity (Wildman–Crippen MR) is 60.8 cm³/mol. The van der Waals surface area contributed by atoms with Gasteiger partial charge in [-0.05, 0) is 6.42 Å². The van der Waals surface area contributed by atoms with E-state index in [1.165, 1.54) is 17.8 Å². The average molecular weight is 233 g/mol. The fourth-order valence-corrected chi connectivity index (χ4v) is 2.37. The Morgan fingerprint density at radius 3 is 2.93 bits per heavy atom. The van der Waals surface area contributed by atoms with Crippen LogP contribution >= 0.6 is 23.1 Å². The van der Waals surface area contributed by atoms with Crippen LogP contribution in [0.1, 0.15) is 19.8 Å².